The molecule has 1 aliphatic heterocycles. The van der Waals surface area contributed by atoms with Gasteiger partial charge in [0.2, 0.25) is 16.0 Å². The van der Waals surface area contributed by atoms with Crippen LogP contribution in [-0.2, 0) is 10.0 Å². The Morgan fingerprint density at radius 3 is 2.87 bits per heavy atom. The maximum Gasteiger partial charge on any atom is 0.314 e. The summed E-state index contributed by atoms with van der Waals surface area (Å²) in [5, 5.41) is 9.10. The molecular formula is C18H22N8O3S. The van der Waals surface area contributed by atoms with Crippen molar-refractivity contribution in [3.05, 3.63) is 36.5 Å². The van der Waals surface area contributed by atoms with Gasteiger partial charge in [-0.15, -0.1) is 0 Å². The number of likely N-dealkylation sites (N-methyl/N-ethyl adjacent to an activating group) is 1. The van der Waals surface area contributed by atoms with E-state index in [9.17, 15) is 13.2 Å². The molecule has 2 amide bonds. The second-order valence-corrected chi connectivity index (χ2v) is 8.71. The van der Waals surface area contributed by atoms with Gasteiger partial charge in [0.05, 0.1) is 16.3 Å². The number of anilines is 3. The summed E-state index contributed by atoms with van der Waals surface area (Å²) >= 11 is 0. The summed E-state index contributed by atoms with van der Waals surface area (Å²) in [6.45, 7) is 1.30. The van der Waals surface area contributed by atoms with E-state index in [0.29, 0.717) is 36.2 Å². The molecule has 1 atom stereocenters. The normalized spacial score (nSPS) is 16.7. The van der Waals surface area contributed by atoms with E-state index in [2.05, 4.69) is 25.2 Å². The largest absolute Gasteiger partial charge is 0.354 e. The molecule has 1 aliphatic rings. The van der Waals surface area contributed by atoms with Crippen molar-refractivity contribution in [1.82, 2.24) is 19.9 Å². The minimum absolute atomic E-state index is 0.00527. The number of aromatic nitrogens is 3. The highest BCUT2D eigenvalue weighted by Gasteiger charge is 2.29. The number of H-pyrrole nitrogens is 1. The van der Waals surface area contributed by atoms with Crippen molar-refractivity contribution in [1.29, 1.82) is 0 Å². The molecule has 0 radical (unpaired) electrons. The number of rotatable bonds is 5. The van der Waals surface area contributed by atoms with Gasteiger partial charge < -0.3 is 25.8 Å². The molecule has 0 spiro atoms. The molecule has 0 aliphatic carbocycles. The Kier molecular flexibility index (Phi) is 4.95. The molecule has 0 saturated carbocycles. The lowest BCUT2D eigenvalue weighted by molar-refractivity contribution is 0.204. The Labute approximate surface area is 173 Å². The first-order chi connectivity index (χ1) is 14.2. The summed E-state index contributed by atoms with van der Waals surface area (Å²) in [4.78, 5) is 27.3. The number of nitrogens with two attached hydrogens (primary N) is 2. The molecule has 4 rings (SSSR count). The number of nitrogens with zero attached hydrogens (tertiary/aromatic N) is 4. The van der Waals surface area contributed by atoms with Gasteiger partial charge in [0, 0.05) is 32.0 Å². The van der Waals surface area contributed by atoms with Gasteiger partial charge in [0.15, 0.2) is 0 Å². The summed E-state index contributed by atoms with van der Waals surface area (Å²) in [5.41, 5.74) is 6.53. The third-order valence-corrected chi connectivity index (χ3v) is 6.08. The van der Waals surface area contributed by atoms with Crippen molar-refractivity contribution in [3.63, 3.8) is 0 Å². The van der Waals surface area contributed by atoms with Crippen molar-refractivity contribution in [2.75, 3.05) is 30.4 Å². The van der Waals surface area contributed by atoms with Crippen molar-refractivity contribution >= 4 is 44.5 Å². The van der Waals surface area contributed by atoms with E-state index in [1.807, 2.05) is 6.07 Å². The van der Waals surface area contributed by atoms with Crippen molar-refractivity contribution in [3.8, 4) is 0 Å². The minimum Gasteiger partial charge on any atom is -0.354 e. The molecule has 3 aromatic rings. The average Bonchev–Trinajstić information content (AvgIpc) is 3.36. The lowest BCUT2D eigenvalue weighted by atomic mass is 10.2. The topological polar surface area (TPSA) is 163 Å². The molecule has 3 heterocycles. The van der Waals surface area contributed by atoms with Gasteiger partial charge in [0.1, 0.15) is 11.5 Å². The lowest BCUT2D eigenvalue weighted by Crippen LogP contribution is -2.42. The standard InChI is InChI=1S/C18H22N8O3S/c1-25(17(19)27)12-6-8-26(10-12)16-14-5-7-21-15(14)23-18(24-16)22-11-3-2-4-13(9-11)30(20,28)29/h2-5,7,9,12H,6,8,10H2,1H3,(H2,19,27)(H2,20,28,29)(H2,21,22,23,24)/t12-/m1/s1. The highest BCUT2D eigenvalue weighted by atomic mass is 32.2. The molecule has 1 aromatic carbocycles. The summed E-state index contributed by atoms with van der Waals surface area (Å²) in [6.07, 6.45) is 2.55. The molecule has 2 aromatic heterocycles. The first-order valence-corrected chi connectivity index (χ1v) is 10.8. The van der Waals surface area contributed by atoms with Crippen LogP contribution in [0.3, 0.4) is 0 Å². The Morgan fingerprint density at radius 1 is 1.33 bits per heavy atom. The summed E-state index contributed by atoms with van der Waals surface area (Å²) in [6, 6.07) is 7.54. The van der Waals surface area contributed by atoms with Gasteiger partial charge in [-0.2, -0.15) is 9.97 Å². The van der Waals surface area contributed by atoms with Crippen LogP contribution in [0.15, 0.2) is 41.4 Å². The van der Waals surface area contributed by atoms with E-state index in [4.69, 9.17) is 10.9 Å². The highest BCUT2D eigenvalue weighted by Crippen LogP contribution is 2.29. The number of aromatic amines is 1. The Morgan fingerprint density at radius 2 is 2.13 bits per heavy atom. The maximum atomic E-state index is 11.6. The number of amides is 2. The number of primary amides is 1. The van der Waals surface area contributed by atoms with E-state index in [-0.39, 0.29) is 10.9 Å². The van der Waals surface area contributed by atoms with Crippen LogP contribution >= 0.6 is 0 Å². The number of fused-ring (bicyclic) bond motifs is 1. The Hall–Kier alpha value is -3.38. The number of hydrogen-bond acceptors (Lipinski definition) is 7. The van der Waals surface area contributed by atoms with Crippen molar-refractivity contribution < 1.29 is 13.2 Å². The zero-order valence-electron chi connectivity index (χ0n) is 16.2. The highest BCUT2D eigenvalue weighted by molar-refractivity contribution is 7.89. The molecular weight excluding hydrogens is 408 g/mol. The maximum absolute atomic E-state index is 11.6. The smallest absolute Gasteiger partial charge is 0.314 e. The fourth-order valence-corrected chi connectivity index (χ4v) is 4.09. The predicted octanol–water partition coefficient (Wildman–Crippen LogP) is 0.938. The number of carbonyl (C=O) groups excluding carboxylic acids is 1. The molecule has 1 saturated heterocycles. The minimum atomic E-state index is -3.82. The quantitative estimate of drug-likeness (QED) is 0.468. The predicted molar refractivity (Wildman–Crippen MR) is 113 cm³/mol. The van der Waals surface area contributed by atoms with Crippen LogP contribution in [-0.4, -0.2) is 60.5 Å². The van der Waals surface area contributed by atoms with Gasteiger partial charge in [-0.3, -0.25) is 0 Å². The summed E-state index contributed by atoms with van der Waals surface area (Å²) in [5.74, 6) is 1.02. The van der Waals surface area contributed by atoms with Crippen molar-refractivity contribution in [2.24, 2.45) is 10.9 Å². The van der Waals surface area contributed by atoms with Crippen LogP contribution < -0.4 is 21.1 Å². The van der Waals surface area contributed by atoms with Crippen LogP contribution in [0.2, 0.25) is 0 Å². The molecule has 11 nitrogen and oxygen atoms in total. The van der Waals surface area contributed by atoms with E-state index in [1.165, 1.54) is 17.0 Å². The first kappa shape index (κ1) is 19.9. The fourth-order valence-electron chi connectivity index (χ4n) is 3.53. The van der Waals surface area contributed by atoms with Gasteiger partial charge in [0.25, 0.3) is 0 Å². The van der Waals surface area contributed by atoms with Crippen LogP contribution in [0.5, 0.6) is 0 Å². The number of primary sulfonamides is 1. The van der Waals surface area contributed by atoms with Crippen LogP contribution in [0.25, 0.3) is 11.0 Å². The number of benzene rings is 1. The van der Waals surface area contributed by atoms with E-state index >= 15 is 0 Å². The molecule has 158 valence electrons. The number of nitrogens with one attached hydrogen (secondary N) is 2. The number of hydrogen-bond donors (Lipinski definition) is 4. The van der Waals surface area contributed by atoms with Crippen LogP contribution in [0.1, 0.15) is 6.42 Å². The zero-order chi connectivity index (χ0) is 21.5. The zero-order valence-corrected chi connectivity index (χ0v) is 17.1. The number of urea groups is 1. The van der Waals surface area contributed by atoms with Gasteiger partial charge >= 0.3 is 6.03 Å². The molecule has 30 heavy (non-hydrogen) atoms. The van der Waals surface area contributed by atoms with Crippen LogP contribution in [0.4, 0.5) is 22.2 Å². The number of carbonyl (C=O) groups is 1. The third-order valence-electron chi connectivity index (χ3n) is 5.17. The van der Waals surface area contributed by atoms with E-state index in [0.717, 1.165) is 11.8 Å². The van der Waals surface area contributed by atoms with Gasteiger partial charge in [-0.25, -0.2) is 18.4 Å². The van der Waals surface area contributed by atoms with Crippen molar-refractivity contribution in [2.45, 2.75) is 17.4 Å². The lowest BCUT2D eigenvalue weighted by Gasteiger charge is -2.23. The second kappa shape index (κ2) is 7.46. The Balaban J connectivity index is 1.65. The van der Waals surface area contributed by atoms with Crippen LogP contribution in [0, 0.1) is 0 Å². The van der Waals surface area contributed by atoms with E-state index in [1.54, 1.807) is 25.4 Å². The SMILES string of the molecule is CN(C(N)=O)[C@@H]1CCN(c2nc(Nc3cccc(S(N)(=O)=O)c3)nc3[nH]ccc23)C1. The second-order valence-electron chi connectivity index (χ2n) is 7.15. The fraction of sp³-hybridized carbons (Fsp3) is 0.278. The molecule has 0 unspecified atom stereocenters. The summed E-state index contributed by atoms with van der Waals surface area (Å²) in [7, 11) is -2.14. The molecule has 1 fully saturated rings. The molecule has 12 heteroatoms. The average molecular weight is 430 g/mol. The third kappa shape index (κ3) is 3.86. The van der Waals surface area contributed by atoms with E-state index < -0.39 is 16.1 Å². The van der Waals surface area contributed by atoms with Gasteiger partial charge in [-0.1, -0.05) is 6.07 Å². The van der Waals surface area contributed by atoms with Gasteiger partial charge in [-0.05, 0) is 30.7 Å². The number of sulfonamides is 1. The molecule has 0 bridgehead atoms. The first-order valence-electron chi connectivity index (χ1n) is 9.24. The molecule has 6 N–H and O–H groups in total. The summed E-state index contributed by atoms with van der Waals surface area (Å²) < 4.78 is 23.2. The Bertz CT molecular complexity index is 1210. The monoisotopic (exact) mass is 430 g/mol.